The number of amides is 1. The number of carbonyl (C=O) groups is 2. The van der Waals surface area contributed by atoms with E-state index in [1.165, 1.54) is 0 Å². The highest BCUT2D eigenvalue weighted by molar-refractivity contribution is 6.06. The number of aromatic nitrogens is 3. The minimum atomic E-state index is -0.863. The molecule has 4 heterocycles. The maximum Gasteiger partial charge on any atom is 0.308 e. The van der Waals surface area contributed by atoms with Gasteiger partial charge in [0, 0.05) is 24.7 Å². The fraction of sp³-hybridized carbons (Fsp3) is 0.429. The van der Waals surface area contributed by atoms with Crippen molar-refractivity contribution < 1.29 is 19.1 Å². The summed E-state index contributed by atoms with van der Waals surface area (Å²) < 4.78 is 7.45. The van der Waals surface area contributed by atoms with Gasteiger partial charge in [-0.05, 0) is 46.2 Å². The Balaban J connectivity index is 1.85. The van der Waals surface area contributed by atoms with E-state index < -0.39 is 11.9 Å². The zero-order valence-electron chi connectivity index (χ0n) is 17.0. The molecule has 4 rings (SSSR count). The molecule has 3 aromatic rings. The third-order valence-electron chi connectivity index (χ3n) is 5.43. The van der Waals surface area contributed by atoms with Crippen LogP contribution in [0, 0.1) is 19.8 Å². The number of furan rings is 1. The summed E-state index contributed by atoms with van der Waals surface area (Å²) in [4.78, 5) is 31.0. The molecule has 1 aliphatic heterocycles. The standard InChI is InChI=1S/C21H24N4O4/c1-11(2)25-19-17(9-22-25)16(20(26)24-6-5-14(10-24)21(27)28)8-18(23-19)15-7-12(3)29-13(15)4/h7-9,11,14H,5-6,10H2,1-4H3,(H,27,28)/t14-/m0/s1. The van der Waals surface area contributed by atoms with Crippen molar-refractivity contribution in [2.24, 2.45) is 5.92 Å². The predicted octanol–water partition coefficient (Wildman–Crippen LogP) is 3.44. The summed E-state index contributed by atoms with van der Waals surface area (Å²) in [6, 6.07) is 3.75. The number of fused-ring (bicyclic) bond motifs is 1. The van der Waals surface area contributed by atoms with Crippen LogP contribution >= 0.6 is 0 Å². The normalized spacial score (nSPS) is 16.9. The van der Waals surface area contributed by atoms with E-state index in [-0.39, 0.29) is 18.5 Å². The molecule has 0 saturated carbocycles. The fourth-order valence-electron chi connectivity index (χ4n) is 3.91. The van der Waals surface area contributed by atoms with Gasteiger partial charge in [-0.25, -0.2) is 9.67 Å². The summed E-state index contributed by atoms with van der Waals surface area (Å²) in [5.74, 6) is -0.0709. The SMILES string of the molecule is Cc1cc(-c2cc(C(=O)N3CC[C@H](C(=O)O)C3)c3cnn(C(C)C)c3n2)c(C)o1. The Labute approximate surface area is 168 Å². The number of hydrogen-bond donors (Lipinski definition) is 1. The Morgan fingerprint density at radius 3 is 2.62 bits per heavy atom. The van der Waals surface area contributed by atoms with Gasteiger partial charge in [0.05, 0.1) is 28.8 Å². The maximum absolute atomic E-state index is 13.3. The number of carboxylic acids is 1. The number of nitrogens with zero attached hydrogens (tertiary/aromatic N) is 4. The Bertz CT molecular complexity index is 1110. The molecule has 0 aliphatic carbocycles. The zero-order valence-corrected chi connectivity index (χ0v) is 17.0. The molecule has 1 N–H and O–H groups in total. The summed E-state index contributed by atoms with van der Waals surface area (Å²) in [7, 11) is 0. The molecular weight excluding hydrogens is 372 g/mol. The van der Waals surface area contributed by atoms with E-state index in [2.05, 4.69) is 5.10 Å². The van der Waals surface area contributed by atoms with Crippen LogP contribution in [0.2, 0.25) is 0 Å². The van der Waals surface area contributed by atoms with Gasteiger partial charge >= 0.3 is 5.97 Å². The molecule has 29 heavy (non-hydrogen) atoms. The molecular formula is C21H24N4O4. The van der Waals surface area contributed by atoms with Crippen molar-refractivity contribution in [1.82, 2.24) is 19.7 Å². The zero-order chi connectivity index (χ0) is 20.9. The fourth-order valence-corrected chi connectivity index (χ4v) is 3.91. The number of aliphatic carboxylic acids is 1. The largest absolute Gasteiger partial charge is 0.481 e. The van der Waals surface area contributed by atoms with E-state index in [9.17, 15) is 14.7 Å². The van der Waals surface area contributed by atoms with Gasteiger partial charge < -0.3 is 14.4 Å². The first kappa shape index (κ1) is 19.2. The van der Waals surface area contributed by atoms with E-state index >= 15 is 0 Å². The molecule has 0 unspecified atom stereocenters. The van der Waals surface area contributed by atoms with Crippen molar-refractivity contribution in [3.05, 3.63) is 35.4 Å². The van der Waals surface area contributed by atoms with E-state index in [0.717, 1.165) is 17.1 Å². The van der Waals surface area contributed by atoms with Gasteiger partial charge in [0.15, 0.2) is 5.65 Å². The summed E-state index contributed by atoms with van der Waals surface area (Å²) in [5.41, 5.74) is 2.60. The van der Waals surface area contributed by atoms with Gasteiger partial charge in [0.2, 0.25) is 0 Å². The van der Waals surface area contributed by atoms with Crippen LogP contribution in [0.1, 0.15) is 48.2 Å². The first-order valence-electron chi connectivity index (χ1n) is 9.74. The second-order valence-corrected chi connectivity index (χ2v) is 7.88. The first-order chi connectivity index (χ1) is 13.8. The minimum Gasteiger partial charge on any atom is -0.481 e. The second kappa shape index (κ2) is 7.02. The lowest BCUT2D eigenvalue weighted by atomic mass is 10.1. The Kier molecular flexibility index (Phi) is 4.64. The number of hydrogen-bond acceptors (Lipinski definition) is 5. The number of rotatable bonds is 4. The Hall–Kier alpha value is -3.16. The van der Waals surface area contributed by atoms with Gasteiger partial charge in [-0.2, -0.15) is 5.10 Å². The van der Waals surface area contributed by atoms with E-state index in [4.69, 9.17) is 9.40 Å². The topological polar surface area (TPSA) is 101 Å². The Morgan fingerprint density at radius 1 is 1.28 bits per heavy atom. The molecule has 152 valence electrons. The van der Waals surface area contributed by atoms with Crippen LogP contribution in [0.5, 0.6) is 0 Å². The van der Waals surface area contributed by atoms with Gasteiger partial charge in [0.1, 0.15) is 11.5 Å². The maximum atomic E-state index is 13.3. The van der Waals surface area contributed by atoms with Crippen LogP contribution in [0.4, 0.5) is 0 Å². The van der Waals surface area contributed by atoms with Crippen LogP contribution < -0.4 is 0 Å². The van der Waals surface area contributed by atoms with E-state index in [1.54, 1.807) is 21.8 Å². The van der Waals surface area contributed by atoms with Crippen LogP contribution in [-0.4, -0.2) is 49.7 Å². The van der Waals surface area contributed by atoms with E-state index in [0.29, 0.717) is 35.3 Å². The number of aryl methyl sites for hydroxylation is 2. The molecule has 1 aliphatic rings. The molecule has 0 spiro atoms. The highest BCUT2D eigenvalue weighted by Gasteiger charge is 2.32. The highest BCUT2D eigenvalue weighted by Crippen LogP contribution is 2.31. The lowest BCUT2D eigenvalue weighted by molar-refractivity contribution is -0.141. The number of carboxylic acid groups (broad SMARTS) is 1. The number of likely N-dealkylation sites (tertiary alicyclic amines) is 1. The second-order valence-electron chi connectivity index (χ2n) is 7.88. The van der Waals surface area contributed by atoms with Crippen molar-refractivity contribution in [3.8, 4) is 11.3 Å². The molecule has 1 amide bonds. The molecule has 8 heteroatoms. The van der Waals surface area contributed by atoms with Crippen LogP contribution in [0.25, 0.3) is 22.3 Å². The number of pyridine rings is 1. The average molecular weight is 396 g/mol. The smallest absolute Gasteiger partial charge is 0.308 e. The lowest BCUT2D eigenvalue weighted by Crippen LogP contribution is -2.30. The van der Waals surface area contributed by atoms with Crippen LogP contribution in [0.15, 0.2) is 22.7 Å². The quantitative estimate of drug-likeness (QED) is 0.725. The average Bonchev–Trinajstić information content (AvgIpc) is 3.37. The monoisotopic (exact) mass is 396 g/mol. The summed E-state index contributed by atoms with van der Waals surface area (Å²) in [5, 5.41) is 14.4. The van der Waals surface area contributed by atoms with Crippen molar-refractivity contribution >= 4 is 22.9 Å². The van der Waals surface area contributed by atoms with Crippen molar-refractivity contribution in [3.63, 3.8) is 0 Å². The number of carbonyl (C=O) groups excluding carboxylic acids is 1. The van der Waals surface area contributed by atoms with Crippen LogP contribution in [-0.2, 0) is 4.79 Å². The van der Waals surface area contributed by atoms with E-state index in [1.807, 2.05) is 33.8 Å². The van der Waals surface area contributed by atoms with Gasteiger partial charge in [-0.1, -0.05) is 0 Å². The Morgan fingerprint density at radius 2 is 2.03 bits per heavy atom. The van der Waals surface area contributed by atoms with Gasteiger partial charge in [-0.3, -0.25) is 9.59 Å². The summed E-state index contributed by atoms with van der Waals surface area (Å²) in [6.07, 6.45) is 2.13. The summed E-state index contributed by atoms with van der Waals surface area (Å²) >= 11 is 0. The molecule has 1 fully saturated rings. The molecule has 0 bridgehead atoms. The summed E-state index contributed by atoms with van der Waals surface area (Å²) in [6.45, 7) is 8.40. The molecule has 1 saturated heterocycles. The third-order valence-corrected chi connectivity index (χ3v) is 5.43. The first-order valence-corrected chi connectivity index (χ1v) is 9.74. The molecule has 3 aromatic heterocycles. The van der Waals surface area contributed by atoms with Gasteiger partial charge in [0.25, 0.3) is 5.91 Å². The van der Waals surface area contributed by atoms with Crippen molar-refractivity contribution in [2.45, 2.75) is 40.2 Å². The van der Waals surface area contributed by atoms with Crippen LogP contribution in [0.3, 0.4) is 0 Å². The minimum absolute atomic E-state index is 0.0774. The predicted molar refractivity (Wildman–Crippen MR) is 107 cm³/mol. The molecule has 1 atom stereocenters. The van der Waals surface area contributed by atoms with Crippen molar-refractivity contribution in [2.75, 3.05) is 13.1 Å². The molecule has 8 nitrogen and oxygen atoms in total. The van der Waals surface area contributed by atoms with Crippen molar-refractivity contribution in [1.29, 1.82) is 0 Å². The molecule has 0 aromatic carbocycles. The molecule has 0 radical (unpaired) electrons. The lowest BCUT2D eigenvalue weighted by Gasteiger charge is -2.17. The third kappa shape index (κ3) is 3.28. The highest BCUT2D eigenvalue weighted by atomic mass is 16.4. The van der Waals surface area contributed by atoms with Gasteiger partial charge in [-0.15, -0.1) is 0 Å².